The molecule has 1 atom stereocenters. The van der Waals surface area contributed by atoms with Gasteiger partial charge in [0.15, 0.2) is 5.82 Å². The largest absolute Gasteiger partial charge is 0.295 e. The standard InChI is InChI=1S/C9H10BrN3OS/c10-7-1-2-8(12-11-7)13-4-6(5-15)3-9(13)14/h1-2,6,15H,3-5H2. The molecule has 1 aromatic rings. The Morgan fingerprint density at radius 3 is 2.87 bits per heavy atom. The summed E-state index contributed by atoms with van der Waals surface area (Å²) in [6.07, 6.45) is 0.557. The molecule has 1 aliphatic heterocycles. The molecule has 0 aliphatic carbocycles. The molecule has 80 valence electrons. The predicted molar refractivity (Wildman–Crippen MR) is 64.0 cm³/mol. The smallest absolute Gasteiger partial charge is 0.228 e. The number of nitrogens with zero attached hydrogens (tertiary/aromatic N) is 3. The molecule has 1 fully saturated rings. The molecule has 2 rings (SSSR count). The lowest BCUT2D eigenvalue weighted by atomic mass is 10.1. The third-order valence-electron chi connectivity index (χ3n) is 2.36. The molecule has 0 radical (unpaired) electrons. The van der Waals surface area contributed by atoms with Crippen LogP contribution < -0.4 is 4.90 Å². The van der Waals surface area contributed by atoms with Gasteiger partial charge in [-0.05, 0) is 39.7 Å². The second kappa shape index (κ2) is 4.49. The van der Waals surface area contributed by atoms with Crippen LogP contribution in [0.5, 0.6) is 0 Å². The monoisotopic (exact) mass is 287 g/mol. The lowest BCUT2D eigenvalue weighted by Gasteiger charge is -2.13. The quantitative estimate of drug-likeness (QED) is 0.839. The molecular weight excluding hydrogens is 278 g/mol. The number of amides is 1. The van der Waals surface area contributed by atoms with Crippen molar-refractivity contribution < 1.29 is 4.79 Å². The summed E-state index contributed by atoms with van der Waals surface area (Å²) in [7, 11) is 0. The van der Waals surface area contributed by atoms with E-state index in [0.717, 1.165) is 5.75 Å². The first-order chi connectivity index (χ1) is 7.20. The number of anilines is 1. The summed E-state index contributed by atoms with van der Waals surface area (Å²) in [6, 6.07) is 3.57. The minimum absolute atomic E-state index is 0.102. The van der Waals surface area contributed by atoms with Gasteiger partial charge in [-0.2, -0.15) is 12.6 Å². The van der Waals surface area contributed by atoms with Crippen LogP contribution in [-0.4, -0.2) is 28.4 Å². The van der Waals surface area contributed by atoms with E-state index in [-0.39, 0.29) is 5.91 Å². The van der Waals surface area contributed by atoms with Gasteiger partial charge in [0.2, 0.25) is 5.91 Å². The highest BCUT2D eigenvalue weighted by Gasteiger charge is 2.30. The average molecular weight is 288 g/mol. The van der Waals surface area contributed by atoms with E-state index >= 15 is 0 Å². The number of carbonyl (C=O) groups excluding carboxylic acids is 1. The third-order valence-corrected chi connectivity index (χ3v) is 3.30. The van der Waals surface area contributed by atoms with Crippen molar-refractivity contribution >= 4 is 40.3 Å². The van der Waals surface area contributed by atoms with E-state index in [0.29, 0.717) is 29.3 Å². The first-order valence-electron chi connectivity index (χ1n) is 4.61. The van der Waals surface area contributed by atoms with Crippen LogP contribution in [0.3, 0.4) is 0 Å². The molecule has 15 heavy (non-hydrogen) atoms. The fourth-order valence-corrected chi connectivity index (χ4v) is 2.03. The van der Waals surface area contributed by atoms with Crippen molar-refractivity contribution in [2.75, 3.05) is 17.2 Å². The van der Waals surface area contributed by atoms with Crippen LogP contribution in [-0.2, 0) is 4.79 Å². The Morgan fingerprint density at radius 1 is 1.53 bits per heavy atom. The van der Waals surface area contributed by atoms with Gasteiger partial charge in [-0.1, -0.05) is 0 Å². The Hall–Kier alpha value is -0.620. The summed E-state index contributed by atoms with van der Waals surface area (Å²) in [5, 5.41) is 7.83. The van der Waals surface area contributed by atoms with Gasteiger partial charge in [0.25, 0.3) is 0 Å². The molecule has 1 saturated heterocycles. The summed E-state index contributed by atoms with van der Waals surface area (Å²) in [5.41, 5.74) is 0. The zero-order valence-electron chi connectivity index (χ0n) is 7.93. The Kier molecular flexibility index (Phi) is 3.25. The molecule has 0 saturated carbocycles. The number of rotatable bonds is 2. The van der Waals surface area contributed by atoms with Crippen molar-refractivity contribution in [2.45, 2.75) is 6.42 Å². The van der Waals surface area contributed by atoms with E-state index in [2.05, 4.69) is 38.8 Å². The van der Waals surface area contributed by atoms with Crippen LogP contribution in [0.15, 0.2) is 16.7 Å². The fourth-order valence-electron chi connectivity index (χ4n) is 1.58. The molecule has 0 N–H and O–H groups in total. The maximum atomic E-state index is 11.6. The molecule has 0 bridgehead atoms. The highest BCUT2D eigenvalue weighted by Crippen LogP contribution is 2.23. The van der Waals surface area contributed by atoms with E-state index in [4.69, 9.17) is 0 Å². The summed E-state index contributed by atoms with van der Waals surface area (Å²) in [4.78, 5) is 13.3. The molecule has 1 aromatic heterocycles. The molecule has 1 unspecified atom stereocenters. The van der Waals surface area contributed by atoms with Crippen LogP contribution in [0, 0.1) is 5.92 Å². The van der Waals surface area contributed by atoms with E-state index < -0.39 is 0 Å². The number of carbonyl (C=O) groups is 1. The summed E-state index contributed by atoms with van der Waals surface area (Å²) >= 11 is 7.41. The Bertz CT molecular complexity index is 370. The summed E-state index contributed by atoms with van der Waals surface area (Å²) in [6.45, 7) is 0.693. The molecular formula is C9H10BrN3OS. The average Bonchev–Trinajstić information content (AvgIpc) is 2.61. The zero-order chi connectivity index (χ0) is 10.8. The summed E-state index contributed by atoms with van der Waals surface area (Å²) < 4.78 is 0.670. The molecule has 2 heterocycles. The number of hydrogen-bond donors (Lipinski definition) is 1. The van der Waals surface area contributed by atoms with Crippen molar-refractivity contribution in [1.29, 1.82) is 0 Å². The van der Waals surface area contributed by atoms with Crippen molar-refractivity contribution in [3.8, 4) is 0 Å². The van der Waals surface area contributed by atoms with Crippen molar-refractivity contribution in [2.24, 2.45) is 5.92 Å². The number of aromatic nitrogens is 2. The molecule has 1 aliphatic rings. The third kappa shape index (κ3) is 2.31. The maximum absolute atomic E-state index is 11.6. The highest BCUT2D eigenvalue weighted by molar-refractivity contribution is 9.10. The normalized spacial score (nSPS) is 21.1. The van der Waals surface area contributed by atoms with Gasteiger partial charge in [0.1, 0.15) is 4.60 Å². The van der Waals surface area contributed by atoms with Crippen LogP contribution in [0.2, 0.25) is 0 Å². The van der Waals surface area contributed by atoms with E-state index in [1.165, 1.54) is 0 Å². The van der Waals surface area contributed by atoms with Gasteiger partial charge in [0.05, 0.1) is 0 Å². The van der Waals surface area contributed by atoms with E-state index in [9.17, 15) is 4.79 Å². The van der Waals surface area contributed by atoms with Gasteiger partial charge in [-0.25, -0.2) is 0 Å². The lowest BCUT2D eigenvalue weighted by Crippen LogP contribution is -2.25. The van der Waals surface area contributed by atoms with Crippen molar-refractivity contribution in [3.05, 3.63) is 16.7 Å². The highest BCUT2D eigenvalue weighted by atomic mass is 79.9. The predicted octanol–water partition coefficient (Wildman–Crippen LogP) is 1.52. The Morgan fingerprint density at radius 2 is 2.33 bits per heavy atom. The first kappa shape index (κ1) is 10.9. The second-order valence-electron chi connectivity index (χ2n) is 3.47. The van der Waals surface area contributed by atoms with Crippen LogP contribution >= 0.6 is 28.6 Å². The molecule has 0 spiro atoms. The van der Waals surface area contributed by atoms with Gasteiger partial charge in [0, 0.05) is 13.0 Å². The number of halogens is 1. The van der Waals surface area contributed by atoms with Gasteiger partial charge >= 0.3 is 0 Å². The van der Waals surface area contributed by atoms with Crippen molar-refractivity contribution in [3.63, 3.8) is 0 Å². The second-order valence-corrected chi connectivity index (χ2v) is 4.65. The molecule has 0 aromatic carbocycles. The SMILES string of the molecule is O=C1CC(CS)CN1c1ccc(Br)nn1. The number of thiol groups is 1. The molecule has 6 heteroatoms. The van der Waals surface area contributed by atoms with Gasteiger partial charge < -0.3 is 0 Å². The lowest BCUT2D eigenvalue weighted by molar-refractivity contribution is -0.117. The van der Waals surface area contributed by atoms with Crippen molar-refractivity contribution in [1.82, 2.24) is 10.2 Å². The van der Waals surface area contributed by atoms with E-state index in [1.54, 1.807) is 17.0 Å². The summed E-state index contributed by atoms with van der Waals surface area (Å²) in [5.74, 6) is 1.77. The first-order valence-corrected chi connectivity index (χ1v) is 6.03. The Balaban J connectivity index is 2.18. The minimum Gasteiger partial charge on any atom is -0.295 e. The van der Waals surface area contributed by atoms with Gasteiger partial charge in [-0.15, -0.1) is 10.2 Å². The topological polar surface area (TPSA) is 46.1 Å². The number of hydrogen-bond acceptors (Lipinski definition) is 4. The maximum Gasteiger partial charge on any atom is 0.228 e. The molecule has 1 amide bonds. The minimum atomic E-state index is 0.102. The van der Waals surface area contributed by atoms with E-state index in [1.807, 2.05) is 0 Å². The van der Waals surface area contributed by atoms with Gasteiger partial charge in [-0.3, -0.25) is 9.69 Å². The Labute approximate surface area is 102 Å². The van der Waals surface area contributed by atoms with Crippen LogP contribution in [0.4, 0.5) is 5.82 Å². The van der Waals surface area contributed by atoms with Crippen LogP contribution in [0.1, 0.15) is 6.42 Å². The zero-order valence-corrected chi connectivity index (χ0v) is 10.4. The molecule has 4 nitrogen and oxygen atoms in total. The van der Waals surface area contributed by atoms with Crippen LogP contribution in [0.25, 0.3) is 0 Å². The fraction of sp³-hybridized carbons (Fsp3) is 0.444.